The quantitative estimate of drug-likeness (QED) is 0.314. The van der Waals surface area contributed by atoms with Gasteiger partial charge in [0.15, 0.2) is 0 Å². The van der Waals surface area contributed by atoms with E-state index in [9.17, 15) is 18.0 Å². The fraction of sp³-hybridized carbons (Fsp3) is 0.462. The summed E-state index contributed by atoms with van der Waals surface area (Å²) in [5.41, 5.74) is 0.965. The molecule has 2 aromatic carbocycles. The first-order valence-electron chi connectivity index (χ1n) is 12.1. The number of nitrogens with one attached hydrogen (secondary N) is 1. The predicted molar refractivity (Wildman–Crippen MR) is 152 cm³/mol. The normalized spacial score (nSPS) is 13.1. The first-order chi connectivity index (χ1) is 17.4. The number of rotatable bonds is 13. The highest BCUT2D eigenvalue weighted by Crippen LogP contribution is 2.31. The second-order valence-corrected chi connectivity index (χ2v) is 12.0. The van der Waals surface area contributed by atoms with Gasteiger partial charge >= 0.3 is 0 Å². The summed E-state index contributed by atoms with van der Waals surface area (Å²) in [6.45, 7) is 5.89. The number of amides is 2. The third-order valence-corrected chi connectivity index (χ3v) is 8.12. The van der Waals surface area contributed by atoms with Gasteiger partial charge < -0.3 is 10.2 Å². The number of anilines is 1. The third kappa shape index (κ3) is 9.06. The van der Waals surface area contributed by atoms with Crippen LogP contribution in [0.4, 0.5) is 5.69 Å². The smallest absolute Gasteiger partial charge is 0.243 e. The molecule has 0 aromatic heterocycles. The van der Waals surface area contributed by atoms with Gasteiger partial charge in [-0.3, -0.25) is 13.9 Å². The van der Waals surface area contributed by atoms with E-state index in [-0.39, 0.29) is 54.5 Å². The van der Waals surface area contributed by atoms with Gasteiger partial charge in [-0.05, 0) is 56.0 Å². The van der Waals surface area contributed by atoms with E-state index < -0.39 is 16.1 Å². The molecule has 2 atom stereocenters. The van der Waals surface area contributed by atoms with Gasteiger partial charge in [0.2, 0.25) is 21.8 Å². The van der Waals surface area contributed by atoms with E-state index in [0.29, 0.717) is 16.5 Å². The fourth-order valence-corrected chi connectivity index (χ4v) is 5.43. The van der Waals surface area contributed by atoms with Crippen molar-refractivity contribution in [3.8, 4) is 0 Å². The van der Waals surface area contributed by atoms with Crippen LogP contribution in [-0.2, 0) is 26.2 Å². The van der Waals surface area contributed by atoms with Crippen LogP contribution in [0.15, 0.2) is 42.5 Å². The molecule has 2 amide bonds. The van der Waals surface area contributed by atoms with Gasteiger partial charge in [0.1, 0.15) is 6.04 Å². The molecule has 0 spiro atoms. The topological polar surface area (TPSA) is 86.8 Å². The molecular formula is C26H34Cl3N3O4S. The van der Waals surface area contributed by atoms with E-state index in [2.05, 4.69) is 5.32 Å². The maximum Gasteiger partial charge on any atom is 0.243 e. The Morgan fingerprint density at radius 3 is 2.27 bits per heavy atom. The largest absolute Gasteiger partial charge is 0.352 e. The second-order valence-electron chi connectivity index (χ2n) is 8.89. The molecule has 0 saturated carbocycles. The summed E-state index contributed by atoms with van der Waals surface area (Å²) in [6.07, 6.45) is 2.46. The zero-order chi connectivity index (χ0) is 27.8. The molecule has 204 valence electrons. The van der Waals surface area contributed by atoms with Crippen LogP contribution in [0, 0.1) is 0 Å². The van der Waals surface area contributed by atoms with Gasteiger partial charge in [-0.25, -0.2) is 8.42 Å². The zero-order valence-corrected chi connectivity index (χ0v) is 24.6. The molecule has 0 aliphatic carbocycles. The Bertz CT molecular complexity index is 1190. The highest BCUT2D eigenvalue weighted by molar-refractivity contribution is 7.92. The average Bonchev–Trinajstić information content (AvgIpc) is 2.83. The van der Waals surface area contributed by atoms with Crippen molar-refractivity contribution in [1.82, 2.24) is 10.2 Å². The van der Waals surface area contributed by atoms with Crippen LogP contribution in [-0.4, -0.2) is 50.0 Å². The van der Waals surface area contributed by atoms with E-state index in [1.807, 2.05) is 32.9 Å². The number of hydrogen-bond donors (Lipinski definition) is 1. The lowest BCUT2D eigenvalue weighted by Crippen LogP contribution is -2.50. The van der Waals surface area contributed by atoms with Gasteiger partial charge in [-0.2, -0.15) is 0 Å². The highest BCUT2D eigenvalue weighted by atomic mass is 35.5. The molecule has 37 heavy (non-hydrogen) atoms. The molecule has 0 unspecified atom stereocenters. The number of halogens is 3. The summed E-state index contributed by atoms with van der Waals surface area (Å²) in [5, 5.41) is 4.03. The van der Waals surface area contributed by atoms with Crippen LogP contribution in [0.25, 0.3) is 0 Å². The van der Waals surface area contributed by atoms with Crippen molar-refractivity contribution in [2.75, 3.05) is 17.1 Å². The van der Waals surface area contributed by atoms with Crippen molar-refractivity contribution in [3.05, 3.63) is 63.1 Å². The molecule has 7 nitrogen and oxygen atoms in total. The average molecular weight is 591 g/mol. The van der Waals surface area contributed by atoms with Crippen LogP contribution >= 0.6 is 34.8 Å². The second kappa shape index (κ2) is 14.2. The Hall–Kier alpha value is -2.00. The molecule has 0 fully saturated rings. The van der Waals surface area contributed by atoms with Crippen molar-refractivity contribution < 1.29 is 18.0 Å². The Kier molecular flexibility index (Phi) is 12.0. The Labute approximate surface area is 235 Å². The maximum absolute atomic E-state index is 13.5. The molecule has 0 saturated heterocycles. The molecule has 0 aliphatic rings. The number of benzene rings is 2. The fourth-order valence-electron chi connectivity index (χ4n) is 3.83. The third-order valence-electron chi connectivity index (χ3n) is 6.01. The standard InChI is InChI=1S/C26H34Cl3N3O4S/c1-5-18(3)30-26(34)23(6-2)31(17-19-10-7-8-11-21(19)28)25(33)12-9-15-32(37(4,35)36)24-16-20(27)13-14-22(24)29/h7-8,10-11,13-14,16,18,23H,5-6,9,12,15,17H2,1-4H3,(H,30,34)/t18-,23-/m0/s1. The number of carbonyl (C=O) groups is 2. The maximum atomic E-state index is 13.5. The summed E-state index contributed by atoms with van der Waals surface area (Å²) in [7, 11) is -3.70. The van der Waals surface area contributed by atoms with E-state index in [4.69, 9.17) is 34.8 Å². The summed E-state index contributed by atoms with van der Waals surface area (Å²) in [5.74, 6) is -0.516. The molecule has 0 aliphatic heterocycles. The molecule has 2 rings (SSSR count). The van der Waals surface area contributed by atoms with Crippen molar-refractivity contribution in [2.45, 2.75) is 65.1 Å². The molecule has 0 radical (unpaired) electrons. The van der Waals surface area contributed by atoms with Crippen LogP contribution < -0.4 is 9.62 Å². The van der Waals surface area contributed by atoms with Crippen LogP contribution in [0.1, 0.15) is 52.0 Å². The first kappa shape index (κ1) is 31.2. The van der Waals surface area contributed by atoms with Gasteiger partial charge in [0.25, 0.3) is 0 Å². The lowest BCUT2D eigenvalue weighted by molar-refractivity contribution is -0.141. The number of hydrogen-bond acceptors (Lipinski definition) is 4. The van der Waals surface area contributed by atoms with Gasteiger partial charge in [0, 0.05) is 35.6 Å². The molecular weight excluding hydrogens is 557 g/mol. The lowest BCUT2D eigenvalue weighted by atomic mass is 10.1. The Morgan fingerprint density at radius 1 is 1.00 bits per heavy atom. The number of sulfonamides is 1. The molecule has 1 N–H and O–H groups in total. The Balaban J connectivity index is 2.27. The minimum Gasteiger partial charge on any atom is -0.352 e. The van der Waals surface area contributed by atoms with Crippen molar-refractivity contribution in [2.24, 2.45) is 0 Å². The van der Waals surface area contributed by atoms with Gasteiger partial charge in [-0.15, -0.1) is 0 Å². The summed E-state index contributed by atoms with van der Waals surface area (Å²) in [6, 6.07) is 11.0. The summed E-state index contributed by atoms with van der Waals surface area (Å²) < 4.78 is 26.2. The first-order valence-corrected chi connectivity index (χ1v) is 15.1. The SMILES string of the molecule is CC[C@H](C)NC(=O)[C@H](CC)N(Cc1ccccc1Cl)C(=O)CCCN(c1cc(Cl)ccc1Cl)S(C)(=O)=O. The Morgan fingerprint density at radius 2 is 1.68 bits per heavy atom. The summed E-state index contributed by atoms with van der Waals surface area (Å²) in [4.78, 5) is 28.1. The molecule has 0 heterocycles. The van der Waals surface area contributed by atoms with Crippen LogP contribution in [0.2, 0.25) is 15.1 Å². The van der Waals surface area contributed by atoms with Gasteiger partial charge in [-0.1, -0.05) is 66.8 Å². The lowest BCUT2D eigenvalue weighted by Gasteiger charge is -2.32. The molecule has 11 heteroatoms. The number of nitrogens with zero attached hydrogens (tertiary/aromatic N) is 2. The van der Waals surface area contributed by atoms with E-state index in [1.54, 1.807) is 18.2 Å². The van der Waals surface area contributed by atoms with Crippen molar-refractivity contribution in [1.29, 1.82) is 0 Å². The monoisotopic (exact) mass is 589 g/mol. The van der Waals surface area contributed by atoms with E-state index >= 15 is 0 Å². The molecule has 0 bridgehead atoms. The van der Waals surface area contributed by atoms with Crippen molar-refractivity contribution >= 4 is 62.3 Å². The van der Waals surface area contributed by atoms with E-state index in [0.717, 1.165) is 22.5 Å². The summed E-state index contributed by atoms with van der Waals surface area (Å²) >= 11 is 18.7. The highest BCUT2D eigenvalue weighted by Gasteiger charge is 2.30. The van der Waals surface area contributed by atoms with Crippen molar-refractivity contribution in [3.63, 3.8) is 0 Å². The zero-order valence-electron chi connectivity index (χ0n) is 21.5. The minimum atomic E-state index is -3.70. The van der Waals surface area contributed by atoms with Crippen LogP contribution in [0.5, 0.6) is 0 Å². The van der Waals surface area contributed by atoms with E-state index in [1.165, 1.54) is 17.0 Å². The number of carbonyl (C=O) groups excluding carboxylic acids is 2. The van der Waals surface area contributed by atoms with Gasteiger partial charge in [0.05, 0.1) is 17.0 Å². The predicted octanol–water partition coefficient (Wildman–Crippen LogP) is 5.92. The minimum absolute atomic E-state index is 0.0143. The van der Waals surface area contributed by atoms with Crippen LogP contribution in [0.3, 0.4) is 0 Å². The molecule has 2 aromatic rings.